The first-order valence-electron chi connectivity index (χ1n) is 7.25. The molecule has 0 aromatic heterocycles. The Kier molecular flexibility index (Phi) is 3.52. The average molecular weight is 281 g/mol. The summed E-state index contributed by atoms with van der Waals surface area (Å²) >= 11 is 0. The molecule has 1 amide bonds. The van der Waals surface area contributed by atoms with Gasteiger partial charge in [-0.25, -0.2) is 0 Å². The monoisotopic (exact) mass is 281 g/mol. The molecule has 1 aliphatic rings. The van der Waals surface area contributed by atoms with Crippen LogP contribution in [0.3, 0.4) is 0 Å². The molecule has 108 valence electrons. The molecule has 21 heavy (non-hydrogen) atoms. The molecule has 3 nitrogen and oxygen atoms in total. The summed E-state index contributed by atoms with van der Waals surface area (Å²) in [4.78, 5) is 12.3. The van der Waals surface area contributed by atoms with E-state index in [4.69, 9.17) is 0 Å². The van der Waals surface area contributed by atoms with Gasteiger partial charge in [0.15, 0.2) is 0 Å². The number of aryl methyl sites for hydroxylation is 2. The summed E-state index contributed by atoms with van der Waals surface area (Å²) in [5.74, 6) is -0.133. The van der Waals surface area contributed by atoms with Crippen molar-refractivity contribution in [3.8, 4) is 0 Å². The molecule has 2 N–H and O–H groups in total. The number of benzene rings is 2. The van der Waals surface area contributed by atoms with Gasteiger partial charge in [0.2, 0.25) is 0 Å². The van der Waals surface area contributed by atoms with Crippen LogP contribution in [0.15, 0.2) is 48.5 Å². The maximum Gasteiger partial charge on any atom is 0.251 e. The number of rotatable bonds is 3. The fourth-order valence-corrected chi connectivity index (χ4v) is 3.00. The number of carbonyl (C=O) groups excluding carboxylic acids is 1. The molecule has 2 aromatic rings. The minimum atomic E-state index is -0.949. The van der Waals surface area contributed by atoms with Crippen LogP contribution in [0.1, 0.15) is 33.5 Å². The van der Waals surface area contributed by atoms with Gasteiger partial charge in [-0.05, 0) is 42.5 Å². The van der Waals surface area contributed by atoms with E-state index in [0.717, 1.165) is 17.5 Å². The maximum atomic E-state index is 12.3. The van der Waals surface area contributed by atoms with Gasteiger partial charge in [-0.15, -0.1) is 0 Å². The molecule has 0 bridgehead atoms. The first-order chi connectivity index (χ1) is 10.1. The van der Waals surface area contributed by atoms with Gasteiger partial charge >= 0.3 is 0 Å². The quantitative estimate of drug-likeness (QED) is 0.908. The van der Waals surface area contributed by atoms with E-state index in [1.54, 1.807) is 6.07 Å². The van der Waals surface area contributed by atoms with Crippen molar-refractivity contribution in [1.82, 2.24) is 5.32 Å². The Morgan fingerprint density at radius 3 is 2.71 bits per heavy atom. The molecule has 1 unspecified atom stereocenters. The zero-order valence-electron chi connectivity index (χ0n) is 12.1. The van der Waals surface area contributed by atoms with E-state index in [9.17, 15) is 9.90 Å². The highest BCUT2D eigenvalue weighted by Gasteiger charge is 2.36. The van der Waals surface area contributed by atoms with Crippen LogP contribution in [0.5, 0.6) is 0 Å². The molecule has 2 aromatic carbocycles. The molecule has 3 rings (SSSR count). The predicted molar refractivity (Wildman–Crippen MR) is 82.2 cm³/mol. The summed E-state index contributed by atoms with van der Waals surface area (Å²) in [6, 6.07) is 15.4. The Morgan fingerprint density at radius 1 is 1.19 bits per heavy atom. The van der Waals surface area contributed by atoms with Crippen molar-refractivity contribution >= 4 is 5.91 Å². The fourth-order valence-electron chi connectivity index (χ4n) is 3.00. The molecule has 3 heteroatoms. The fraction of sp³-hybridized carbons (Fsp3) is 0.278. The number of amides is 1. The van der Waals surface area contributed by atoms with Crippen LogP contribution in [-0.4, -0.2) is 17.6 Å². The third-order valence-electron chi connectivity index (χ3n) is 4.26. The van der Waals surface area contributed by atoms with Gasteiger partial charge in [-0.3, -0.25) is 4.79 Å². The normalized spacial score (nSPS) is 20.1. The number of nitrogens with one attached hydrogen (secondary N) is 1. The van der Waals surface area contributed by atoms with Crippen molar-refractivity contribution in [2.75, 3.05) is 6.54 Å². The number of hydrogen-bond acceptors (Lipinski definition) is 2. The predicted octanol–water partition coefficient (Wildman–Crippen LogP) is 2.56. The average Bonchev–Trinajstić information content (AvgIpc) is 2.84. The lowest BCUT2D eigenvalue weighted by Crippen LogP contribution is -2.39. The Bertz CT molecular complexity index is 680. The standard InChI is InChI=1S/C18H19NO2/c1-13-6-2-4-8-15(13)17(20)19-12-18(21)11-10-14-7-3-5-9-16(14)18/h2-9,21H,10-12H2,1H3,(H,19,20). The van der Waals surface area contributed by atoms with Crippen LogP contribution in [0.4, 0.5) is 0 Å². The van der Waals surface area contributed by atoms with E-state index in [0.29, 0.717) is 12.0 Å². The van der Waals surface area contributed by atoms with Gasteiger partial charge in [0.1, 0.15) is 5.60 Å². The zero-order valence-corrected chi connectivity index (χ0v) is 12.1. The summed E-state index contributed by atoms with van der Waals surface area (Å²) in [6.07, 6.45) is 1.51. The van der Waals surface area contributed by atoms with Gasteiger partial charge in [-0.2, -0.15) is 0 Å². The van der Waals surface area contributed by atoms with Crippen LogP contribution < -0.4 is 5.32 Å². The van der Waals surface area contributed by atoms with Crippen LogP contribution in [0.25, 0.3) is 0 Å². The van der Waals surface area contributed by atoms with Crippen molar-refractivity contribution in [2.45, 2.75) is 25.4 Å². The molecule has 0 saturated carbocycles. The Morgan fingerprint density at radius 2 is 1.90 bits per heavy atom. The highest BCUT2D eigenvalue weighted by Crippen LogP contribution is 2.36. The Labute approximate surface area is 124 Å². The van der Waals surface area contributed by atoms with Gasteiger partial charge in [0, 0.05) is 5.56 Å². The molecule has 0 heterocycles. The third kappa shape index (κ3) is 2.57. The topological polar surface area (TPSA) is 49.3 Å². The summed E-state index contributed by atoms with van der Waals surface area (Å²) < 4.78 is 0. The van der Waals surface area contributed by atoms with Crippen molar-refractivity contribution in [2.24, 2.45) is 0 Å². The maximum absolute atomic E-state index is 12.3. The van der Waals surface area contributed by atoms with E-state index >= 15 is 0 Å². The molecule has 0 aliphatic heterocycles. The number of hydrogen-bond donors (Lipinski definition) is 2. The lowest BCUT2D eigenvalue weighted by atomic mass is 9.96. The van der Waals surface area contributed by atoms with Crippen LogP contribution in [0, 0.1) is 6.92 Å². The Hall–Kier alpha value is -2.13. The molecule has 1 atom stereocenters. The van der Waals surface area contributed by atoms with Crippen LogP contribution in [0.2, 0.25) is 0 Å². The van der Waals surface area contributed by atoms with Gasteiger partial charge in [0.25, 0.3) is 5.91 Å². The number of aliphatic hydroxyl groups is 1. The van der Waals surface area contributed by atoms with E-state index < -0.39 is 5.60 Å². The second-order valence-electron chi connectivity index (χ2n) is 5.69. The molecule has 0 saturated heterocycles. The SMILES string of the molecule is Cc1ccccc1C(=O)NCC1(O)CCc2ccccc21. The van der Waals surface area contributed by atoms with Crippen molar-refractivity contribution in [3.63, 3.8) is 0 Å². The molecule has 0 fully saturated rings. The van der Waals surface area contributed by atoms with E-state index in [2.05, 4.69) is 5.32 Å². The van der Waals surface area contributed by atoms with Crippen LogP contribution >= 0.6 is 0 Å². The molecular formula is C18H19NO2. The van der Waals surface area contributed by atoms with Gasteiger partial charge in [-0.1, -0.05) is 42.5 Å². The first kappa shape index (κ1) is 13.8. The van der Waals surface area contributed by atoms with Crippen molar-refractivity contribution < 1.29 is 9.90 Å². The molecule has 0 radical (unpaired) electrons. The van der Waals surface area contributed by atoms with Crippen LogP contribution in [-0.2, 0) is 12.0 Å². The summed E-state index contributed by atoms with van der Waals surface area (Å²) in [5, 5.41) is 13.7. The summed E-state index contributed by atoms with van der Waals surface area (Å²) in [7, 11) is 0. The molecule has 1 aliphatic carbocycles. The highest BCUT2D eigenvalue weighted by atomic mass is 16.3. The van der Waals surface area contributed by atoms with E-state index in [1.807, 2.05) is 49.4 Å². The summed E-state index contributed by atoms with van der Waals surface area (Å²) in [5.41, 5.74) is 2.76. The van der Waals surface area contributed by atoms with Crippen molar-refractivity contribution in [3.05, 3.63) is 70.8 Å². The second-order valence-corrected chi connectivity index (χ2v) is 5.69. The zero-order chi connectivity index (χ0) is 14.9. The lowest BCUT2D eigenvalue weighted by Gasteiger charge is -2.24. The minimum absolute atomic E-state index is 0.133. The van der Waals surface area contributed by atoms with E-state index in [1.165, 1.54) is 5.56 Å². The highest BCUT2D eigenvalue weighted by molar-refractivity contribution is 5.95. The van der Waals surface area contributed by atoms with Gasteiger partial charge in [0.05, 0.1) is 6.54 Å². The molecular weight excluding hydrogens is 262 g/mol. The van der Waals surface area contributed by atoms with E-state index in [-0.39, 0.29) is 12.5 Å². The largest absolute Gasteiger partial charge is 0.383 e. The Balaban J connectivity index is 1.74. The minimum Gasteiger partial charge on any atom is -0.383 e. The number of fused-ring (bicyclic) bond motifs is 1. The summed E-state index contributed by atoms with van der Waals surface area (Å²) in [6.45, 7) is 2.16. The smallest absolute Gasteiger partial charge is 0.251 e. The second kappa shape index (κ2) is 5.34. The van der Waals surface area contributed by atoms with Crippen molar-refractivity contribution in [1.29, 1.82) is 0 Å². The first-order valence-corrected chi connectivity index (χ1v) is 7.25. The molecule has 0 spiro atoms. The third-order valence-corrected chi connectivity index (χ3v) is 4.26. The van der Waals surface area contributed by atoms with Gasteiger partial charge < -0.3 is 10.4 Å². The number of carbonyl (C=O) groups is 1. The lowest BCUT2D eigenvalue weighted by molar-refractivity contribution is 0.0369.